The average Bonchev–Trinajstić information content (AvgIpc) is 3.26. The van der Waals surface area contributed by atoms with Gasteiger partial charge in [0.15, 0.2) is 0 Å². The number of benzene rings is 2. The van der Waals surface area contributed by atoms with Gasteiger partial charge in [0, 0.05) is 11.7 Å². The molecule has 0 bridgehead atoms. The van der Waals surface area contributed by atoms with Crippen LogP contribution in [0.4, 0.5) is 26.3 Å². The third-order valence-electron chi connectivity index (χ3n) is 5.49. The Kier molecular flexibility index (Phi) is 7.62. The summed E-state index contributed by atoms with van der Waals surface area (Å²) in [4.78, 5) is 16.7. The van der Waals surface area contributed by atoms with E-state index in [9.17, 15) is 31.1 Å². The van der Waals surface area contributed by atoms with Crippen molar-refractivity contribution >= 4 is 5.91 Å². The van der Waals surface area contributed by atoms with E-state index in [4.69, 9.17) is 0 Å². The van der Waals surface area contributed by atoms with Gasteiger partial charge >= 0.3 is 12.4 Å². The Morgan fingerprint density at radius 2 is 1.46 bits per heavy atom. The van der Waals surface area contributed by atoms with Gasteiger partial charge in [-0.25, -0.2) is 4.98 Å². The second-order valence-electron chi connectivity index (χ2n) is 8.84. The number of aromatic nitrogens is 2. The Balaban J connectivity index is 1.87. The van der Waals surface area contributed by atoms with Crippen molar-refractivity contribution in [3.63, 3.8) is 0 Å². The lowest BCUT2D eigenvalue weighted by molar-refractivity contribution is -0.143. The van der Waals surface area contributed by atoms with E-state index in [0.717, 1.165) is 12.8 Å². The van der Waals surface area contributed by atoms with Gasteiger partial charge in [0.2, 0.25) is 0 Å². The monoisotopic (exact) mass is 497 g/mol. The van der Waals surface area contributed by atoms with Crippen molar-refractivity contribution in [3.05, 3.63) is 71.8 Å². The molecule has 1 aromatic heterocycles. The maximum Gasteiger partial charge on any atom is 0.416 e. The molecule has 0 saturated heterocycles. The molecule has 0 saturated carbocycles. The molecule has 3 aromatic rings. The van der Waals surface area contributed by atoms with Crippen LogP contribution in [0, 0.1) is 5.92 Å². The molecule has 0 spiro atoms. The van der Waals surface area contributed by atoms with Crippen molar-refractivity contribution in [2.24, 2.45) is 5.92 Å². The van der Waals surface area contributed by atoms with E-state index in [1.165, 1.54) is 41.4 Å². The number of halogens is 6. The van der Waals surface area contributed by atoms with Gasteiger partial charge in [-0.1, -0.05) is 26.0 Å². The first-order chi connectivity index (χ1) is 16.3. The summed E-state index contributed by atoms with van der Waals surface area (Å²) in [7, 11) is 0. The van der Waals surface area contributed by atoms with Crippen LogP contribution in [0.5, 0.6) is 0 Å². The maximum absolute atomic E-state index is 13.2. The molecule has 1 amide bonds. The van der Waals surface area contributed by atoms with Crippen LogP contribution in [0.1, 0.15) is 55.2 Å². The summed E-state index contributed by atoms with van der Waals surface area (Å²) in [5.41, 5.74) is -2.08. The van der Waals surface area contributed by atoms with Crippen LogP contribution in [0.25, 0.3) is 16.8 Å². The number of hydrogen-bond acceptors (Lipinski definition) is 2. The zero-order valence-corrected chi connectivity index (χ0v) is 19.3. The molecule has 1 N–H and O–H groups in total. The average molecular weight is 497 g/mol. The Morgan fingerprint density at radius 3 is 1.97 bits per heavy atom. The summed E-state index contributed by atoms with van der Waals surface area (Å²) in [6, 6.07) is 7.20. The predicted octanol–water partition coefficient (Wildman–Crippen LogP) is 7.13. The zero-order valence-electron chi connectivity index (χ0n) is 19.3. The summed E-state index contributed by atoms with van der Waals surface area (Å²) in [6.07, 6.45) is -5.30. The SMILES string of the molecule is CC(C)CCC(C)NC(=O)c1cncn1-c1ccc(-c2cc(C(F)(F)F)cc(C(F)(F)F)c2)cc1. The quantitative estimate of drug-likeness (QED) is 0.353. The van der Waals surface area contributed by atoms with Crippen LogP contribution in [-0.4, -0.2) is 21.5 Å². The van der Waals surface area contributed by atoms with Gasteiger partial charge in [-0.3, -0.25) is 9.36 Å². The maximum atomic E-state index is 13.2. The van der Waals surface area contributed by atoms with Gasteiger partial charge in [0.05, 0.1) is 23.7 Å². The van der Waals surface area contributed by atoms with Crippen molar-refractivity contribution in [3.8, 4) is 16.8 Å². The number of amides is 1. The topological polar surface area (TPSA) is 46.9 Å². The molecule has 1 unspecified atom stereocenters. The molecule has 1 heterocycles. The minimum absolute atomic E-state index is 0.0561. The highest BCUT2D eigenvalue weighted by atomic mass is 19.4. The predicted molar refractivity (Wildman–Crippen MR) is 120 cm³/mol. The van der Waals surface area contributed by atoms with Gasteiger partial charge in [-0.15, -0.1) is 0 Å². The molecule has 0 radical (unpaired) electrons. The van der Waals surface area contributed by atoms with E-state index in [1.54, 1.807) is 0 Å². The third-order valence-corrected chi connectivity index (χ3v) is 5.49. The van der Waals surface area contributed by atoms with Crippen molar-refractivity contribution in [2.45, 2.75) is 52.0 Å². The molecule has 1 atom stereocenters. The molecule has 188 valence electrons. The second-order valence-corrected chi connectivity index (χ2v) is 8.84. The van der Waals surface area contributed by atoms with Crippen molar-refractivity contribution in [2.75, 3.05) is 0 Å². The Bertz CT molecular complexity index is 1130. The largest absolute Gasteiger partial charge is 0.416 e. The summed E-state index contributed by atoms with van der Waals surface area (Å²) in [5.74, 6) is 0.165. The lowest BCUT2D eigenvalue weighted by atomic mass is 9.99. The molecule has 3 rings (SSSR count). The van der Waals surface area contributed by atoms with Gasteiger partial charge in [0.25, 0.3) is 5.91 Å². The first-order valence-electron chi connectivity index (χ1n) is 11.0. The number of imidazole rings is 1. The van der Waals surface area contributed by atoms with Crippen LogP contribution >= 0.6 is 0 Å². The molecule has 2 aromatic carbocycles. The van der Waals surface area contributed by atoms with Gasteiger partial charge < -0.3 is 5.32 Å². The highest BCUT2D eigenvalue weighted by Gasteiger charge is 2.37. The zero-order chi connectivity index (χ0) is 26.0. The molecular weight excluding hydrogens is 472 g/mol. The minimum atomic E-state index is -4.93. The molecule has 10 heteroatoms. The summed E-state index contributed by atoms with van der Waals surface area (Å²) in [6.45, 7) is 6.09. The molecule has 0 aliphatic heterocycles. The summed E-state index contributed by atoms with van der Waals surface area (Å²) >= 11 is 0. The summed E-state index contributed by atoms with van der Waals surface area (Å²) in [5, 5.41) is 2.91. The van der Waals surface area contributed by atoms with Crippen LogP contribution in [0.3, 0.4) is 0 Å². The fourth-order valence-corrected chi connectivity index (χ4v) is 3.56. The van der Waals surface area contributed by atoms with Crippen molar-refractivity contribution < 1.29 is 31.1 Å². The highest BCUT2D eigenvalue weighted by molar-refractivity contribution is 5.93. The van der Waals surface area contributed by atoms with E-state index >= 15 is 0 Å². The molecule has 0 fully saturated rings. The van der Waals surface area contributed by atoms with Gasteiger partial charge in [-0.05, 0) is 67.1 Å². The number of alkyl halides is 6. The molecule has 0 aliphatic rings. The number of carbonyl (C=O) groups excluding carboxylic acids is 1. The van der Waals surface area contributed by atoms with Crippen LogP contribution in [0.2, 0.25) is 0 Å². The molecule has 4 nitrogen and oxygen atoms in total. The summed E-state index contributed by atoms with van der Waals surface area (Å²) < 4.78 is 80.6. The van der Waals surface area contributed by atoms with Crippen LogP contribution in [-0.2, 0) is 12.4 Å². The van der Waals surface area contributed by atoms with E-state index < -0.39 is 23.5 Å². The molecular formula is C25H25F6N3O. The first kappa shape index (κ1) is 26.3. The first-order valence-corrected chi connectivity index (χ1v) is 11.0. The molecule has 0 aliphatic carbocycles. The fraction of sp³-hybridized carbons (Fsp3) is 0.360. The van der Waals surface area contributed by atoms with E-state index in [2.05, 4.69) is 24.1 Å². The second kappa shape index (κ2) is 10.1. The lowest BCUT2D eigenvalue weighted by Gasteiger charge is -2.16. The van der Waals surface area contributed by atoms with E-state index in [1.807, 2.05) is 6.92 Å². The van der Waals surface area contributed by atoms with Gasteiger partial charge in [-0.2, -0.15) is 26.3 Å². The van der Waals surface area contributed by atoms with E-state index in [0.29, 0.717) is 23.7 Å². The van der Waals surface area contributed by atoms with Crippen molar-refractivity contribution in [1.82, 2.24) is 14.9 Å². The number of nitrogens with zero attached hydrogens (tertiary/aromatic N) is 2. The molecule has 35 heavy (non-hydrogen) atoms. The van der Waals surface area contributed by atoms with Crippen LogP contribution < -0.4 is 5.32 Å². The van der Waals surface area contributed by atoms with Crippen molar-refractivity contribution in [1.29, 1.82) is 0 Å². The van der Waals surface area contributed by atoms with Crippen LogP contribution in [0.15, 0.2) is 55.0 Å². The smallest absolute Gasteiger partial charge is 0.348 e. The highest BCUT2D eigenvalue weighted by Crippen LogP contribution is 2.38. The normalized spacial score (nSPS) is 13.2. The minimum Gasteiger partial charge on any atom is -0.348 e. The Hall–Kier alpha value is -3.30. The number of nitrogens with one attached hydrogen (secondary N) is 1. The Morgan fingerprint density at radius 1 is 0.886 bits per heavy atom. The Labute approximate surface area is 199 Å². The van der Waals surface area contributed by atoms with E-state index in [-0.39, 0.29) is 34.8 Å². The number of hydrogen-bond donors (Lipinski definition) is 1. The number of carbonyl (C=O) groups is 1. The number of rotatable bonds is 7. The standard InChI is InChI=1S/C25H25F6N3O/c1-15(2)4-5-16(3)33-23(35)22-13-32-14-34(22)21-8-6-17(7-9-21)18-10-19(24(26,27)28)12-20(11-18)25(29,30)31/h6-16H,4-5H2,1-3H3,(H,33,35). The lowest BCUT2D eigenvalue weighted by Crippen LogP contribution is -2.33. The fourth-order valence-electron chi connectivity index (χ4n) is 3.56. The third kappa shape index (κ3) is 6.64. The van der Waals surface area contributed by atoms with Gasteiger partial charge in [0.1, 0.15) is 5.69 Å².